The number of hydrogen-bond donors (Lipinski definition) is 1. The molecular weight excluding hydrogens is 431 g/mol. The highest BCUT2D eigenvalue weighted by molar-refractivity contribution is 7.92. The molecule has 4 rings (SSSR count). The number of thiazole rings is 1. The van der Waals surface area contributed by atoms with Crippen LogP contribution in [0.4, 0.5) is 10.1 Å². The van der Waals surface area contributed by atoms with E-state index in [1.165, 1.54) is 17.4 Å². The van der Waals surface area contributed by atoms with Gasteiger partial charge < -0.3 is 0 Å². The number of aryl methyl sites for hydroxylation is 3. The van der Waals surface area contributed by atoms with Gasteiger partial charge in [0, 0.05) is 16.5 Å². The van der Waals surface area contributed by atoms with Crippen LogP contribution >= 0.6 is 11.3 Å². The molecule has 0 amide bonds. The fraction of sp³-hybridized carbons (Fsp3) is 0.125. The third kappa shape index (κ3) is 4.24. The van der Waals surface area contributed by atoms with Crippen molar-refractivity contribution in [3.63, 3.8) is 0 Å². The van der Waals surface area contributed by atoms with Gasteiger partial charge in [0.25, 0.3) is 10.0 Å². The Kier molecular flexibility index (Phi) is 5.64. The molecule has 0 fully saturated rings. The SMILES string of the molecule is Cc1cc(C)c(S(=O)(=O)Nc2ccccc2-c2csc(-c3ccccc3F)n2)c(C)c1. The molecule has 0 spiro atoms. The molecule has 1 heterocycles. The molecule has 0 unspecified atom stereocenters. The summed E-state index contributed by atoms with van der Waals surface area (Å²) in [5.74, 6) is -0.345. The van der Waals surface area contributed by atoms with Crippen LogP contribution in [0.3, 0.4) is 0 Å². The van der Waals surface area contributed by atoms with Crippen LogP contribution < -0.4 is 4.72 Å². The molecule has 1 N–H and O–H groups in total. The van der Waals surface area contributed by atoms with Gasteiger partial charge >= 0.3 is 0 Å². The van der Waals surface area contributed by atoms with Gasteiger partial charge in [0.15, 0.2) is 0 Å². The highest BCUT2D eigenvalue weighted by atomic mass is 32.2. The van der Waals surface area contributed by atoms with E-state index in [-0.39, 0.29) is 10.7 Å². The van der Waals surface area contributed by atoms with Crippen LogP contribution in [0.2, 0.25) is 0 Å². The Balaban J connectivity index is 1.73. The smallest absolute Gasteiger partial charge is 0.262 e. The molecule has 0 saturated heterocycles. The molecule has 0 aliphatic carbocycles. The van der Waals surface area contributed by atoms with Crippen molar-refractivity contribution >= 4 is 27.0 Å². The number of anilines is 1. The first-order valence-corrected chi connectivity index (χ1v) is 12.0. The monoisotopic (exact) mass is 452 g/mol. The van der Waals surface area contributed by atoms with Crippen molar-refractivity contribution in [2.75, 3.05) is 4.72 Å². The van der Waals surface area contributed by atoms with Crippen molar-refractivity contribution in [1.82, 2.24) is 4.98 Å². The average molecular weight is 453 g/mol. The first-order valence-electron chi connectivity index (χ1n) is 9.67. The van der Waals surface area contributed by atoms with Crippen molar-refractivity contribution in [2.24, 2.45) is 0 Å². The molecule has 1 aromatic heterocycles. The molecule has 0 radical (unpaired) electrons. The maximum atomic E-state index is 14.2. The number of halogens is 1. The number of hydrogen-bond acceptors (Lipinski definition) is 4. The van der Waals surface area contributed by atoms with E-state index in [2.05, 4.69) is 9.71 Å². The standard InChI is InChI=1S/C24H21FN2O2S2/c1-15-12-16(2)23(17(3)13-15)31(28,29)27-21-11-7-5-9-19(21)22-14-30-24(26-22)18-8-4-6-10-20(18)25/h4-14,27H,1-3H3. The van der Waals surface area contributed by atoms with Gasteiger partial charge in [-0.05, 0) is 50.1 Å². The summed E-state index contributed by atoms with van der Waals surface area (Å²) in [5.41, 5.74) is 4.45. The topological polar surface area (TPSA) is 59.1 Å². The lowest BCUT2D eigenvalue weighted by atomic mass is 10.1. The van der Waals surface area contributed by atoms with E-state index < -0.39 is 10.0 Å². The minimum Gasteiger partial charge on any atom is -0.279 e. The van der Waals surface area contributed by atoms with Gasteiger partial charge in [0.05, 0.1) is 16.3 Å². The third-order valence-corrected chi connectivity index (χ3v) is 7.47. The molecule has 0 saturated carbocycles. The molecular formula is C24H21FN2O2S2. The van der Waals surface area contributed by atoms with E-state index in [1.54, 1.807) is 55.6 Å². The van der Waals surface area contributed by atoms with E-state index in [4.69, 9.17) is 0 Å². The van der Waals surface area contributed by atoms with Gasteiger partial charge in [-0.3, -0.25) is 4.72 Å². The number of benzene rings is 3. The number of rotatable bonds is 5. The highest BCUT2D eigenvalue weighted by Gasteiger charge is 2.22. The second-order valence-corrected chi connectivity index (χ2v) is 9.87. The molecule has 3 aromatic carbocycles. The normalized spacial score (nSPS) is 11.5. The van der Waals surface area contributed by atoms with Crippen LogP contribution in [0.1, 0.15) is 16.7 Å². The fourth-order valence-electron chi connectivity index (χ4n) is 3.74. The van der Waals surface area contributed by atoms with Crippen LogP contribution in [-0.2, 0) is 10.0 Å². The van der Waals surface area contributed by atoms with Gasteiger partial charge in [0.2, 0.25) is 0 Å². The highest BCUT2D eigenvalue weighted by Crippen LogP contribution is 2.35. The summed E-state index contributed by atoms with van der Waals surface area (Å²) >= 11 is 1.31. The number of nitrogens with one attached hydrogen (secondary N) is 1. The van der Waals surface area contributed by atoms with E-state index in [0.717, 1.165) is 5.56 Å². The number of nitrogens with zero attached hydrogens (tertiary/aromatic N) is 1. The van der Waals surface area contributed by atoms with E-state index in [1.807, 2.05) is 25.1 Å². The van der Waals surface area contributed by atoms with Crippen molar-refractivity contribution in [3.05, 3.63) is 88.6 Å². The van der Waals surface area contributed by atoms with Gasteiger partial charge in [-0.15, -0.1) is 11.3 Å². The Labute approximate surface area is 185 Å². The fourth-order valence-corrected chi connectivity index (χ4v) is 6.12. The Morgan fingerprint density at radius 1 is 0.903 bits per heavy atom. The predicted octanol–water partition coefficient (Wildman–Crippen LogP) is 6.34. The zero-order valence-corrected chi connectivity index (χ0v) is 18.9. The second-order valence-electron chi connectivity index (χ2n) is 7.40. The molecule has 31 heavy (non-hydrogen) atoms. The summed E-state index contributed by atoms with van der Waals surface area (Å²) < 4.78 is 43.3. The second kappa shape index (κ2) is 8.24. The first-order chi connectivity index (χ1) is 14.8. The summed E-state index contributed by atoms with van der Waals surface area (Å²) in [6.45, 7) is 5.53. The van der Waals surface area contributed by atoms with Crippen molar-refractivity contribution in [2.45, 2.75) is 25.7 Å². The van der Waals surface area contributed by atoms with Crippen LogP contribution in [0, 0.1) is 26.6 Å². The predicted molar refractivity (Wildman–Crippen MR) is 124 cm³/mol. The largest absolute Gasteiger partial charge is 0.279 e. The van der Waals surface area contributed by atoms with Gasteiger partial charge in [-0.25, -0.2) is 17.8 Å². The van der Waals surface area contributed by atoms with E-state index >= 15 is 0 Å². The molecule has 0 bridgehead atoms. The molecule has 0 aliphatic rings. The lowest BCUT2D eigenvalue weighted by Gasteiger charge is -2.15. The minimum atomic E-state index is -3.81. The molecule has 0 aliphatic heterocycles. The van der Waals surface area contributed by atoms with Crippen LogP contribution in [-0.4, -0.2) is 13.4 Å². The zero-order valence-electron chi connectivity index (χ0n) is 17.3. The van der Waals surface area contributed by atoms with Crippen LogP contribution in [0.25, 0.3) is 21.8 Å². The molecule has 4 nitrogen and oxygen atoms in total. The maximum absolute atomic E-state index is 14.2. The van der Waals surface area contributed by atoms with E-state index in [9.17, 15) is 12.8 Å². The Hall–Kier alpha value is -3.03. The van der Waals surface area contributed by atoms with Gasteiger partial charge in [-0.2, -0.15) is 0 Å². The van der Waals surface area contributed by atoms with Crippen LogP contribution in [0.5, 0.6) is 0 Å². The Morgan fingerprint density at radius 3 is 2.19 bits per heavy atom. The Bertz CT molecular complexity index is 1350. The summed E-state index contributed by atoms with van der Waals surface area (Å²) in [4.78, 5) is 4.84. The number of aromatic nitrogens is 1. The summed E-state index contributed by atoms with van der Waals surface area (Å²) in [6, 6.07) is 17.3. The lowest BCUT2D eigenvalue weighted by molar-refractivity contribution is 0.600. The van der Waals surface area contributed by atoms with Crippen molar-refractivity contribution < 1.29 is 12.8 Å². The number of sulfonamides is 1. The first kappa shape index (κ1) is 21.2. The summed E-state index contributed by atoms with van der Waals surface area (Å²) in [5, 5.41) is 2.34. The quantitative estimate of drug-likeness (QED) is 0.384. The molecule has 0 atom stereocenters. The molecule has 7 heteroatoms. The lowest BCUT2D eigenvalue weighted by Crippen LogP contribution is -2.16. The van der Waals surface area contributed by atoms with Crippen molar-refractivity contribution in [3.8, 4) is 21.8 Å². The number of para-hydroxylation sites is 1. The zero-order chi connectivity index (χ0) is 22.2. The molecule has 4 aromatic rings. The third-order valence-electron chi connectivity index (χ3n) is 4.93. The molecule has 158 valence electrons. The summed E-state index contributed by atoms with van der Waals surface area (Å²) in [7, 11) is -3.81. The average Bonchev–Trinajstić information content (AvgIpc) is 3.17. The minimum absolute atomic E-state index is 0.276. The van der Waals surface area contributed by atoms with Gasteiger partial charge in [0.1, 0.15) is 10.8 Å². The Morgan fingerprint density at radius 2 is 1.52 bits per heavy atom. The maximum Gasteiger partial charge on any atom is 0.262 e. The summed E-state index contributed by atoms with van der Waals surface area (Å²) in [6.07, 6.45) is 0. The van der Waals surface area contributed by atoms with Crippen molar-refractivity contribution in [1.29, 1.82) is 0 Å². The van der Waals surface area contributed by atoms with Gasteiger partial charge in [-0.1, -0.05) is 48.0 Å². The van der Waals surface area contributed by atoms with E-state index in [0.29, 0.717) is 38.6 Å². The van der Waals surface area contributed by atoms with Crippen LogP contribution in [0.15, 0.2) is 70.9 Å².